The molecule has 1 heterocycles. The number of likely N-dealkylation sites (tertiary alicyclic amines) is 1. The number of rotatable bonds is 1. The van der Waals surface area contributed by atoms with E-state index in [1.807, 2.05) is 0 Å². The molecule has 5 nitrogen and oxygen atoms in total. The summed E-state index contributed by atoms with van der Waals surface area (Å²) in [6.07, 6.45) is 0.297. The Morgan fingerprint density at radius 2 is 2.58 bits per heavy atom. The van der Waals surface area contributed by atoms with Gasteiger partial charge in [-0.3, -0.25) is 0 Å². The van der Waals surface area contributed by atoms with Gasteiger partial charge in [-0.1, -0.05) is 5.16 Å². The molecule has 0 aromatic heterocycles. The summed E-state index contributed by atoms with van der Waals surface area (Å²) in [6.45, 7) is 3.10. The molecule has 0 aliphatic carbocycles. The number of oxime groups is 1. The van der Waals surface area contributed by atoms with Crippen LogP contribution in [0.1, 0.15) is 13.3 Å². The molecule has 1 rings (SSSR count). The Morgan fingerprint density at radius 1 is 1.83 bits per heavy atom. The summed E-state index contributed by atoms with van der Waals surface area (Å²) < 4.78 is 4.77. The molecule has 1 N–H and O–H groups in total. The van der Waals surface area contributed by atoms with Crippen molar-refractivity contribution in [1.82, 2.24) is 4.90 Å². The quantitative estimate of drug-likeness (QED) is 0.467. The third-order valence-corrected chi connectivity index (χ3v) is 1.71. The largest absolute Gasteiger partial charge is 0.450 e. The number of hydrogen-bond donors (Lipinski definition) is 1. The molecule has 68 valence electrons. The number of ether oxygens (including phenoxy) is 1. The predicted molar refractivity (Wildman–Crippen MR) is 42.4 cm³/mol. The predicted octanol–water partition coefficient (Wildman–Crippen LogP) is 0.679. The zero-order valence-corrected chi connectivity index (χ0v) is 6.99. The molecule has 1 fully saturated rings. The van der Waals surface area contributed by atoms with Crippen LogP contribution in [-0.4, -0.2) is 41.6 Å². The molecule has 1 aliphatic heterocycles. The normalized spacial score (nSPS) is 20.1. The van der Waals surface area contributed by atoms with Crippen LogP contribution in [0.5, 0.6) is 0 Å². The van der Waals surface area contributed by atoms with Crippen LogP contribution < -0.4 is 0 Å². The molecule has 0 bridgehead atoms. The maximum absolute atomic E-state index is 11.1. The van der Waals surface area contributed by atoms with Gasteiger partial charge in [0, 0.05) is 13.0 Å². The van der Waals surface area contributed by atoms with Crippen molar-refractivity contribution in [3.8, 4) is 0 Å². The molecule has 0 aromatic rings. The SMILES string of the molecule is CCOC(=O)N1CCC(=NO)C1. The van der Waals surface area contributed by atoms with Gasteiger partial charge in [0.1, 0.15) is 0 Å². The third-order valence-electron chi connectivity index (χ3n) is 1.71. The fourth-order valence-corrected chi connectivity index (χ4v) is 1.09. The van der Waals surface area contributed by atoms with Crippen LogP contribution in [0, 0.1) is 0 Å². The maximum Gasteiger partial charge on any atom is 0.410 e. The smallest absolute Gasteiger partial charge is 0.410 e. The van der Waals surface area contributed by atoms with Gasteiger partial charge in [-0.2, -0.15) is 0 Å². The van der Waals surface area contributed by atoms with E-state index in [1.54, 1.807) is 6.92 Å². The molecule has 1 saturated heterocycles. The first kappa shape index (κ1) is 8.83. The number of nitrogens with zero attached hydrogens (tertiary/aromatic N) is 2. The molecule has 0 radical (unpaired) electrons. The minimum Gasteiger partial charge on any atom is -0.450 e. The standard InChI is InChI=1S/C7H12N2O3/c1-2-12-7(10)9-4-3-6(5-9)8-11/h11H,2-5H2,1H3. The summed E-state index contributed by atoms with van der Waals surface area (Å²) >= 11 is 0. The number of amides is 1. The lowest BCUT2D eigenvalue weighted by Gasteiger charge is -2.12. The molecule has 0 atom stereocenters. The van der Waals surface area contributed by atoms with Crippen molar-refractivity contribution >= 4 is 11.8 Å². The van der Waals surface area contributed by atoms with Gasteiger partial charge in [0.05, 0.1) is 18.9 Å². The zero-order chi connectivity index (χ0) is 8.97. The second kappa shape index (κ2) is 3.94. The lowest BCUT2D eigenvalue weighted by Crippen LogP contribution is -2.29. The van der Waals surface area contributed by atoms with Crippen molar-refractivity contribution in [3.63, 3.8) is 0 Å². The highest BCUT2D eigenvalue weighted by atomic mass is 16.6. The molecule has 12 heavy (non-hydrogen) atoms. The van der Waals surface area contributed by atoms with Crippen molar-refractivity contribution in [2.75, 3.05) is 19.7 Å². The molecular weight excluding hydrogens is 160 g/mol. The molecule has 0 spiro atoms. The van der Waals surface area contributed by atoms with Gasteiger partial charge in [-0.15, -0.1) is 0 Å². The number of hydrogen-bond acceptors (Lipinski definition) is 4. The minimum atomic E-state index is -0.337. The van der Waals surface area contributed by atoms with E-state index in [-0.39, 0.29) is 6.09 Å². The molecule has 1 aliphatic rings. The van der Waals surface area contributed by atoms with Gasteiger partial charge < -0.3 is 14.8 Å². The van der Waals surface area contributed by atoms with Crippen molar-refractivity contribution in [1.29, 1.82) is 0 Å². The molecule has 0 unspecified atom stereocenters. The monoisotopic (exact) mass is 172 g/mol. The number of carbonyl (C=O) groups is 1. The molecule has 0 aromatic carbocycles. The lowest BCUT2D eigenvalue weighted by atomic mass is 10.3. The van der Waals surface area contributed by atoms with Crippen molar-refractivity contribution in [3.05, 3.63) is 0 Å². The summed E-state index contributed by atoms with van der Waals surface area (Å²) in [5.74, 6) is 0. The highest BCUT2D eigenvalue weighted by Gasteiger charge is 2.23. The summed E-state index contributed by atoms with van der Waals surface area (Å²) in [4.78, 5) is 12.6. The van der Waals surface area contributed by atoms with Gasteiger partial charge in [-0.25, -0.2) is 4.79 Å². The van der Waals surface area contributed by atoms with E-state index in [4.69, 9.17) is 9.94 Å². The van der Waals surface area contributed by atoms with Crippen LogP contribution in [0.2, 0.25) is 0 Å². The van der Waals surface area contributed by atoms with Gasteiger partial charge in [0.2, 0.25) is 0 Å². The second-order valence-electron chi connectivity index (χ2n) is 2.54. The van der Waals surface area contributed by atoms with Crippen LogP contribution in [0.3, 0.4) is 0 Å². The Kier molecular flexibility index (Phi) is 2.90. The van der Waals surface area contributed by atoms with Gasteiger partial charge in [-0.05, 0) is 6.92 Å². The van der Waals surface area contributed by atoms with E-state index in [9.17, 15) is 4.79 Å². The highest BCUT2D eigenvalue weighted by molar-refractivity contribution is 5.91. The average molecular weight is 172 g/mol. The maximum atomic E-state index is 11.1. The first-order valence-corrected chi connectivity index (χ1v) is 3.89. The van der Waals surface area contributed by atoms with Crippen LogP contribution in [0.25, 0.3) is 0 Å². The summed E-state index contributed by atoms with van der Waals surface area (Å²) in [5, 5.41) is 11.5. The first-order chi connectivity index (χ1) is 5.77. The van der Waals surface area contributed by atoms with Crippen molar-refractivity contribution in [2.24, 2.45) is 5.16 Å². The molecular formula is C7H12N2O3. The van der Waals surface area contributed by atoms with Crippen LogP contribution in [0.15, 0.2) is 5.16 Å². The Labute approximate surface area is 70.6 Å². The third kappa shape index (κ3) is 1.87. The Bertz CT molecular complexity index is 203. The van der Waals surface area contributed by atoms with E-state index in [2.05, 4.69) is 5.16 Å². The van der Waals surface area contributed by atoms with Crippen molar-refractivity contribution < 1.29 is 14.7 Å². The summed E-state index contributed by atoms with van der Waals surface area (Å²) in [7, 11) is 0. The fraction of sp³-hybridized carbons (Fsp3) is 0.714. The lowest BCUT2D eigenvalue weighted by molar-refractivity contribution is 0.117. The zero-order valence-electron chi connectivity index (χ0n) is 6.99. The van der Waals surface area contributed by atoms with E-state index in [1.165, 1.54) is 4.90 Å². The number of carbonyl (C=O) groups excluding carboxylic acids is 1. The summed E-state index contributed by atoms with van der Waals surface area (Å²) in [5.41, 5.74) is 0.628. The molecule has 5 heteroatoms. The Hall–Kier alpha value is -1.26. The average Bonchev–Trinajstić information content (AvgIpc) is 2.52. The first-order valence-electron chi connectivity index (χ1n) is 3.89. The topological polar surface area (TPSA) is 62.1 Å². The van der Waals surface area contributed by atoms with E-state index in [0.717, 1.165) is 0 Å². The molecule has 0 saturated carbocycles. The van der Waals surface area contributed by atoms with Crippen LogP contribution >= 0.6 is 0 Å². The van der Waals surface area contributed by atoms with Gasteiger partial charge >= 0.3 is 6.09 Å². The highest BCUT2D eigenvalue weighted by Crippen LogP contribution is 2.06. The van der Waals surface area contributed by atoms with E-state index >= 15 is 0 Å². The minimum absolute atomic E-state index is 0.337. The van der Waals surface area contributed by atoms with Gasteiger partial charge in [0.25, 0.3) is 0 Å². The molecule has 1 amide bonds. The summed E-state index contributed by atoms with van der Waals surface area (Å²) in [6, 6.07) is 0. The van der Waals surface area contributed by atoms with E-state index in [0.29, 0.717) is 31.8 Å². The van der Waals surface area contributed by atoms with Crippen LogP contribution in [0.4, 0.5) is 4.79 Å². The van der Waals surface area contributed by atoms with Gasteiger partial charge in [0.15, 0.2) is 0 Å². The fourth-order valence-electron chi connectivity index (χ4n) is 1.09. The second-order valence-corrected chi connectivity index (χ2v) is 2.54. The van der Waals surface area contributed by atoms with Crippen molar-refractivity contribution in [2.45, 2.75) is 13.3 Å². The van der Waals surface area contributed by atoms with Crippen LogP contribution in [-0.2, 0) is 4.74 Å². The Morgan fingerprint density at radius 3 is 3.08 bits per heavy atom. The Balaban J connectivity index is 2.41. The van der Waals surface area contributed by atoms with E-state index < -0.39 is 0 Å².